The first-order valence-corrected chi connectivity index (χ1v) is 6.09. The van der Waals surface area contributed by atoms with Gasteiger partial charge in [-0.15, -0.1) is 0 Å². The van der Waals surface area contributed by atoms with E-state index >= 15 is 0 Å². The normalized spacial score (nSPS) is 26.6. The van der Waals surface area contributed by atoms with Crippen molar-refractivity contribution in [3.63, 3.8) is 0 Å². The van der Waals surface area contributed by atoms with E-state index in [0.717, 1.165) is 18.4 Å². The van der Waals surface area contributed by atoms with Crippen LogP contribution in [-0.4, -0.2) is 28.7 Å². The molecule has 2 heterocycles. The Morgan fingerprint density at radius 2 is 1.94 bits per heavy atom. The number of Topliss-reactive ketones (excluding diaryl/α,β-unsaturated/α-hetero) is 1. The molecule has 88 valence electrons. The Hall–Kier alpha value is -1.64. The molecule has 2 fully saturated rings. The molecule has 1 aromatic rings. The second-order valence-corrected chi connectivity index (χ2v) is 5.00. The van der Waals surface area contributed by atoms with Crippen LogP contribution in [0, 0.1) is 6.92 Å². The van der Waals surface area contributed by atoms with Gasteiger partial charge in [0.05, 0.1) is 6.04 Å². The minimum absolute atomic E-state index is 0.0170. The molecule has 2 saturated heterocycles. The second-order valence-electron chi connectivity index (χ2n) is 5.00. The molecule has 0 N–H and O–H groups in total. The van der Waals surface area contributed by atoms with Gasteiger partial charge in [0.25, 0.3) is 5.91 Å². The molecule has 3 heteroatoms. The Balaban J connectivity index is 1.88. The summed E-state index contributed by atoms with van der Waals surface area (Å²) in [5.41, 5.74) is 1.84. The summed E-state index contributed by atoms with van der Waals surface area (Å²) in [5, 5.41) is 0. The van der Waals surface area contributed by atoms with E-state index in [-0.39, 0.29) is 23.8 Å². The Bertz CT molecular complexity index is 478. The first kappa shape index (κ1) is 10.5. The van der Waals surface area contributed by atoms with Gasteiger partial charge in [0.2, 0.25) is 0 Å². The summed E-state index contributed by atoms with van der Waals surface area (Å²) in [6, 6.07) is 7.58. The number of hydrogen-bond acceptors (Lipinski definition) is 2. The van der Waals surface area contributed by atoms with Crippen LogP contribution in [0.25, 0.3) is 0 Å². The molecular formula is C14H15NO2. The van der Waals surface area contributed by atoms with E-state index in [2.05, 4.69) is 0 Å². The lowest BCUT2D eigenvalue weighted by molar-refractivity contribution is -0.120. The highest BCUT2D eigenvalue weighted by molar-refractivity contribution is 6.01. The van der Waals surface area contributed by atoms with E-state index in [4.69, 9.17) is 0 Å². The lowest BCUT2D eigenvalue weighted by Gasteiger charge is -2.20. The van der Waals surface area contributed by atoms with Crippen LogP contribution in [0.2, 0.25) is 0 Å². The molecule has 1 amide bonds. The fourth-order valence-corrected chi connectivity index (χ4v) is 2.92. The smallest absolute Gasteiger partial charge is 0.254 e. The SMILES string of the molecule is Cc1ccc(C(=O)N2C3CCC2C(=O)C3)cc1. The minimum Gasteiger partial charge on any atom is -0.325 e. The molecular weight excluding hydrogens is 214 g/mol. The standard InChI is InChI=1S/C14H15NO2/c1-9-2-4-10(5-3-9)14(17)15-11-6-7-12(15)13(16)8-11/h2-5,11-12H,6-8H2,1H3. The van der Waals surface area contributed by atoms with E-state index in [1.165, 1.54) is 0 Å². The van der Waals surface area contributed by atoms with Crippen LogP contribution in [0.1, 0.15) is 35.2 Å². The summed E-state index contributed by atoms with van der Waals surface area (Å²) in [6.45, 7) is 2.00. The molecule has 1 aromatic carbocycles. The number of carbonyl (C=O) groups is 2. The van der Waals surface area contributed by atoms with Crippen LogP contribution in [0.4, 0.5) is 0 Å². The number of fused-ring (bicyclic) bond motifs is 2. The van der Waals surface area contributed by atoms with Crippen molar-refractivity contribution in [1.29, 1.82) is 0 Å². The molecule has 0 aromatic heterocycles. The van der Waals surface area contributed by atoms with Crippen molar-refractivity contribution in [3.05, 3.63) is 35.4 Å². The lowest BCUT2D eigenvalue weighted by Crippen LogP contribution is -2.36. The van der Waals surface area contributed by atoms with Gasteiger partial charge in [-0.25, -0.2) is 0 Å². The molecule has 0 spiro atoms. The van der Waals surface area contributed by atoms with E-state index < -0.39 is 0 Å². The molecule has 0 aliphatic carbocycles. The fraction of sp³-hybridized carbons (Fsp3) is 0.429. The number of rotatable bonds is 1. The van der Waals surface area contributed by atoms with Crippen LogP contribution in [0.15, 0.2) is 24.3 Å². The van der Waals surface area contributed by atoms with Gasteiger partial charge in [0.1, 0.15) is 0 Å². The van der Waals surface area contributed by atoms with Crippen molar-refractivity contribution in [2.45, 2.75) is 38.3 Å². The summed E-state index contributed by atoms with van der Waals surface area (Å²) in [7, 11) is 0. The zero-order valence-electron chi connectivity index (χ0n) is 9.85. The van der Waals surface area contributed by atoms with Gasteiger partial charge in [-0.2, -0.15) is 0 Å². The van der Waals surface area contributed by atoms with Crippen LogP contribution in [-0.2, 0) is 4.79 Å². The first-order valence-electron chi connectivity index (χ1n) is 6.09. The topological polar surface area (TPSA) is 37.4 Å². The van der Waals surface area contributed by atoms with Gasteiger partial charge in [0, 0.05) is 18.0 Å². The molecule has 0 radical (unpaired) electrons. The van der Waals surface area contributed by atoms with Crippen LogP contribution in [0.3, 0.4) is 0 Å². The van der Waals surface area contributed by atoms with Gasteiger partial charge >= 0.3 is 0 Å². The molecule has 2 aliphatic rings. The van der Waals surface area contributed by atoms with Crippen molar-refractivity contribution >= 4 is 11.7 Å². The van der Waals surface area contributed by atoms with Gasteiger partial charge in [0.15, 0.2) is 5.78 Å². The van der Waals surface area contributed by atoms with Crippen molar-refractivity contribution in [1.82, 2.24) is 4.90 Å². The van der Waals surface area contributed by atoms with E-state index in [1.807, 2.05) is 31.2 Å². The van der Waals surface area contributed by atoms with Gasteiger partial charge in [-0.3, -0.25) is 9.59 Å². The van der Waals surface area contributed by atoms with Crippen LogP contribution in [0.5, 0.6) is 0 Å². The molecule has 2 bridgehead atoms. The third-order valence-corrected chi connectivity index (χ3v) is 3.84. The Labute approximate surface area is 100 Å². The molecule has 2 atom stereocenters. The van der Waals surface area contributed by atoms with Crippen molar-refractivity contribution < 1.29 is 9.59 Å². The minimum atomic E-state index is -0.145. The first-order chi connectivity index (χ1) is 8.16. The maximum absolute atomic E-state index is 12.3. The van der Waals surface area contributed by atoms with Crippen molar-refractivity contribution in [2.75, 3.05) is 0 Å². The number of nitrogens with zero attached hydrogens (tertiary/aromatic N) is 1. The number of carbonyl (C=O) groups excluding carboxylic acids is 2. The summed E-state index contributed by atoms with van der Waals surface area (Å²) in [6.07, 6.45) is 2.39. The summed E-state index contributed by atoms with van der Waals surface area (Å²) < 4.78 is 0. The molecule has 3 rings (SSSR count). The quantitative estimate of drug-likeness (QED) is 0.738. The van der Waals surface area contributed by atoms with Crippen molar-refractivity contribution in [2.24, 2.45) is 0 Å². The monoisotopic (exact) mass is 229 g/mol. The third-order valence-electron chi connectivity index (χ3n) is 3.84. The largest absolute Gasteiger partial charge is 0.325 e. The predicted molar refractivity (Wildman–Crippen MR) is 63.8 cm³/mol. The fourth-order valence-electron chi connectivity index (χ4n) is 2.92. The predicted octanol–water partition coefficient (Wildman–Crippen LogP) is 1.94. The maximum Gasteiger partial charge on any atom is 0.254 e. The lowest BCUT2D eigenvalue weighted by atomic mass is 10.00. The molecule has 3 nitrogen and oxygen atoms in total. The molecule has 17 heavy (non-hydrogen) atoms. The maximum atomic E-state index is 12.3. The highest BCUT2D eigenvalue weighted by Gasteiger charge is 2.47. The Kier molecular flexibility index (Phi) is 2.28. The molecule has 2 unspecified atom stereocenters. The van der Waals surface area contributed by atoms with E-state index in [9.17, 15) is 9.59 Å². The highest BCUT2D eigenvalue weighted by atomic mass is 16.2. The van der Waals surface area contributed by atoms with E-state index in [1.54, 1.807) is 4.90 Å². The zero-order chi connectivity index (χ0) is 12.0. The number of benzene rings is 1. The van der Waals surface area contributed by atoms with Gasteiger partial charge in [-0.1, -0.05) is 17.7 Å². The van der Waals surface area contributed by atoms with Crippen molar-refractivity contribution in [3.8, 4) is 0 Å². The van der Waals surface area contributed by atoms with E-state index in [0.29, 0.717) is 12.0 Å². The highest BCUT2D eigenvalue weighted by Crippen LogP contribution is 2.36. The van der Waals surface area contributed by atoms with Gasteiger partial charge in [-0.05, 0) is 31.9 Å². The number of amides is 1. The summed E-state index contributed by atoms with van der Waals surface area (Å²) in [4.78, 5) is 25.8. The summed E-state index contributed by atoms with van der Waals surface area (Å²) in [5.74, 6) is 0.255. The molecule has 2 aliphatic heterocycles. The summed E-state index contributed by atoms with van der Waals surface area (Å²) >= 11 is 0. The van der Waals surface area contributed by atoms with Crippen LogP contribution >= 0.6 is 0 Å². The average Bonchev–Trinajstić information content (AvgIpc) is 2.85. The number of aryl methyl sites for hydroxylation is 1. The van der Waals surface area contributed by atoms with Crippen LogP contribution < -0.4 is 0 Å². The third kappa shape index (κ3) is 1.57. The average molecular weight is 229 g/mol. The molecule has 0 saturated carbocycles. The number of hydrogen-bond donors (Lipinski definition) is 0. The zero-order valence-corrected chi connectivity index (χ0v) is 9.85. The van der Waals surface area contributed by atoms with Gasteiger partial charge < -0.3 is 4.90 Å². The number of ketones is 1. The second kappa shape index (κ2) is 3.69. The Morgan fingerprint density at radius 3 is 2.47 bits per heavy atom. The Morgan fingerprint density at radius 1 is 1.24 bits per heavy atom.